The summed E-state index contributed by atoms with van der Waals surface area (Å²) in [4.78, 5) is 37.1. The lowest BCUT2D eigenvalue weighted by molar-refractivity contribution is -0.384. The van der Waals surface area contributed by atoms with E-state index in [1.807, 2.05) is 30.3 Å². The lowest BCUT2D eigenvalue weighted by Gasteiger charge is -2.18. The molecule has 0 spiro atoms. The van der Waals surface area contributed by atoms with Gasteiger partial charge >= 0.3 is 0 Å². The number of ether oxygens (including phenoxy) is 1. The van der Waals surface area contributed by atoms with E-state index in [4.69, 9.17) is 4.74 Å². The van der Waals surface area contributed by atoms with Crippen molar-refractivity contribution in [2.45, 2.75) is 6.61 Å². The first-order valence-corrected chi connectivity index (χ1v) is 8.49. The third kappa shape index (κ3) is 2.99. The minimum atomic E-state index is -0.554. The molecule has 0 aromatic heterocycles. The molecule has 7 nitrogen and oxygen atoms in total. The molecular formula is C21H14N2O5. The maximum absolute atomic E-state index is 12.8. The van der Waals surface area contributed by atoms with Gasteiger partial charge in [0, 0.05) is 6.07 Å². The van der Waals surface area contributed by atoms with Gasteiger partial charge in [-0.25, -0.2) is 4.90 Å². The molecule has 3 aromatic carbocycles. The van der Waals surface area contributed by atoms with Crippen LogP contribution in [0.5, 0.6) is 5.75 Å². The summed E-state index contributed by atoms with van der Waals surface area (Å²) in [5.74, 6) is -0.884. The molecule has 0 N–H and O–H groups in total. The molecule has 0 radical (unpaired) electrons. The molecule has 138 valence electrons. The standard InChI is InChI=1S/C21H14N2O5/c24-20-16-8-4-5-9-17(16)21(25)22(20)18-11-10-15(23(26)27)12-19(18)28-13-14-6-2-1-3-7-14/h1-12H,13H2. The average Bonchev–Trinajstić information content (AvgIpc) is 2.97. The van der Waals surface area contributed by atoms with Crippen molar-refractivity contribution in [3.8, 4) is 5.75 Å². The van der Waals surface area contributed by atoms with E-state index in [0.29, 0.717) is 11.1 Å². The number of nitro groups is 1. The number of anilines is 1. The largest absolute Gasteiger partial charge is 0.486 e. The van der Waals surface area contributed by atoms with Crippen LogP contribution in [0.1, 0.15) is 26.3 Å². The van der Waals surface area contributed by atoms with Crippen molar-refractivity contribution in [1.82, 2.24) is 0 Å². The first-order chi connectivity index (χ1) is 13.6. The van der Waals surface area contributed by atoms with Gasteiger partial charge in [-0.15, -0.1) is 0 Å². The topological polar surface area (TPSA) is 89.8 Å². The Labute approximate surface area is 159 Å². The monoisotopic (exact) mass is 374 g/mol. The second-order valence-electron chi connectivity index (χ2n) is 6.17. The van der Waals surface area contributed by atoms with Crippen molar-refractivity contribution in [1.29, 1.82) is 0 Å². The van der Waals surface area contributed by atoms with Gasteiger partial charge in [-0.05, 0) is 23.8 Å². The molecule has 0 atom stereocenters. The van der Waals surface area contributed by atoms with Gasteiger partial charge in [0.15, 0.2) is 5.75 Å². The molecule has 0 fully saturated rings. The Hall–Kier alpha value is -4.00. The summed E-state index contributed by atoms with van der Waals surface area (Å²) >= 11 is 0. The quantitative estimate of drug-likeness (QED) is 0.383. The molecular weight excluding hydrogens is 360 g/mol. The van der Waals surface area contributed by atoms with Crippen molar-refractivity contribution < 1.29 is 19.2 Å². The van der Waals surface area contributed by atoms with E-state index in [1.165, 1.54) is 18.2 Å². The SMILES string of the molecule is O=C1c2ccccc2C(=O)N1c1ccc([N+](=O)[O-])cc1OCc1ccccc1. The maximum atomic E-state index is 12.8. The Morgan fingerprint density at radius 2 is 1.46 bits per heavy atom. The number of nitro benzene ring substituents is 1. The molecule has 7 heteroatoms. The Kier molecular flexibility index (Phi) is 4.33. The van der Waals surface area contributed by atoms with E-state index < -0.39 is 16.7 Å². The van der Waals surface area contributed by atoms with Crippen LogP contribution in [0.25, 0.3) is 0 Å². The fraction of sp³-hybridized carbons (Fsp3) is 0.0476. The summed E-state index contributed by atoms with van der Waals surface area (Å²) in [6.07, 6.45) is 0. The molecule has 0 unspecified atom stereocenters. The molecule has 0 aliphatic carbocycles. The fourth-order valence-corrected chi connectivity index (χ4v) is 3.06. The van der Waals surface area contributed by atoms with E-state index in [9.17, 15) is 19.7 Å². The van der Waals surface area contributed by atoms with Gasteiger partial charge in [0.2, 0.25) is 0 Å². The molecule has 28 heavy (non-hydrogen) atoms. The summed E-state index contributed by atoms with van der Waals surface area (Å²) in [6.45, 7) is 0.137. The highest BCUT2D eigenvalue weighted by atomic mass is 16.6. The van der Waals surface area contributed by atoms with Crippen LogP contribution in [0.2, 0.25) is 0 Å². The molecule has 0 saturated heterocycles. The van der Waals surface area contributed by atoms with E-state index in [0.717, 1.165) is 10.5 Å². The van der Waals surface area contributed by atoms with Gasteiger partial charge in [0.25, 0.3) is 17.5 Å². The zero-order valence-corrected chi connectivity index (χ0v) is 14.6. The van der Waals surface area contributed by atoms with Crippen LogP contribution >= 0.6 is 0 Å². The van der Waals surface area contributed by atoms with E-state index >= 15 is 0 Å². The Balaban J connectivity index is 1.73. The summed E-state index contributed by atoms with van der Waals surface area (Å²) in [5, 5.41) is 11.2. The minimum Gasteiger partial charge on any atom is -0.486 e. The van der Waals surface area contributed by atoms with Crippen molar-refractivity contribution in [3.05, 3.63) is 99.6 Å². The first-order valence-electron chi connectivity index (χ1n) is 8.49. The predicted octanol–water partition coefficient (Wildman–Crippen LogP) is 3.97. The predicted molar refractivity (Wildman–Crippen MR) is 101 cm³/mol. The second-order valence-corrected chi connectivity index (χ2v) is 6.17. The van der Waals surface area contributed by atoms with Crippen LogP contribution in [-0.4, -0.2) is 16.7 Å². The van der Waals surface area contributed by atoms with E-state index in [1.54, 1.807) is 24.3 Å². The number of fused-ring (bicyclic) bond motifs is 1. The van der Waals surface area contributed by atoms with Gasteiger partial charge < -0.3 is 4.74 Å². The number of hydrogen-bond acceptors (Lipinski definition) is 5. The van der Waals surface area contributed by atoms with Crippen molar-refractivity contribution in [2.75, 3.05) is 4.90 Å². The number of carbonyl (C=O) groups is 2. The number of rotatable bonds is 5. The lowest BCUT2D eigenvalue weighted by Crippen LogP contribution is -2.29. The van der Waals surface area contributed by atoms with Gasteiger partial charge in [-0.3, -0.25) is 19.7 Å². The van der Waals surface area contributed by atoms with Crippen molar-refractivity contribution >= 4 is 23.2 Å². The normalized spacial score (nSPS) is 12.8. The summed E-state index contributed by atoms with van der Waals surface area (Å²) in [6, 6.07) is 19.6. The highest BCUT2D eigenvalue weighted by Gasteiger charge is 2.38. The third-order valence-corrected chi connectivity index (χ3v) is 4.43. The van der Waals surface area contributed by atoms with Gasteiger partial charge in [-0.2, -0.15) is 0 Å². The van der Waals surface area contributed by atoms with Crippen LogP contribution < -0.4 is 9.64 Å². The number of carbonyl (C=O) groups excluding carboxylic acids is 2. The Morgan fingerprint density at radius 3 is 2.07 bits per heavy atom. The number of amides is 2. The number of hydrogen-bond donors (Lipinski definition) is 0. The van der Waals surface area contributed by atoms with Crippen molar-refractivity contribution in [3.63, 3.8) is 0 Å². The van der Waals surface area contributed by atoms with Gasteiger partial charge in [-0.1, -0.05) is 42.5 Å². The highest BCUT2D eigenvalue weighted by Crippen LogP contribution is 2.37. The molecule has 1 aliphatic heterocycles. The molecule has 3 aromatic rings. The maximum Gasteiger partial charge on any atom is 0.273 e. The Bertz CT molecular complexity index is 1060. The summed E-state index contributed by atoms with van der Waals surface area (Å²) in [5.41, 5.74) is 1.41. The molecule has 1 aliphatic rings. The highest BCUT2D eigenvalue weighted by molar-refractivity contribution is 6.34. The second kappa shape index (κ2) is 6.96. The lowest BCUT2D eigenvalue weighted by atomic mass is 10.1. The molecule has 4 rings (SSSR count). The number of non-ortho nitro benzene ring substituents is 1. The zero-order chi connectivity index (χ0) is 19.7. The van der Waals surface area contributed by atoms with Crippen LogP contribution in [0.4, 0.5) is 11.4 Å². The smallest absolute Gasteiger partial charge is 0.273 e. The van der Waals surface area contributed by atoms with Crippen LogP contribution in [0.15, 0.2) is 72.8 Å². The van der Waals surface area contributed by atoms with E-state index in [-0.39, 0.29) is 23.7 Å². The number of nitrogens with zero attached hydrogens (tertiary/aromatic N) is 2. The average molecular weight is 374 g/mol. The van der Waals surface area contributed by atoms with Gasteiger partial charge in [0.05, 0.1) is 27.8 Å². The number of benzene rings is 3. The molecule has 2 amide bonds. The van der Waals surface area contributed by atoms with Crippen molar-refractivity contribution in [2.24, 2.45) is 0 Å². The summed E-state index contributed by atoms with van der Waals surface area (Å²) < 4.78 is 5.77. The molecule has 0 saturated carbocycles. The first kappa shape index (κ1) is 17.4. The Morgan fingerprint density at radius 1 is 0.857 bits per heavy atom. The van der Waals surface area contributed by atoms with Crippen LogP contribution in [0, 0.1) is 10.1 Å². The molecule has 1 heterocycles. The van der Waals surface area contributed by atoms with Gasteiger partial charge in [0.1, 0.15) is 6.61 Å². The van der Waals surface area contributed by atoms with Crippen LogP contribution in [0.3, 0.4) is 0 Å². The minimum absolute atomic E-state index is 0.0903. The van der Waals surface area contributed by atoms with Crippen LogP contribution in [-0.2, 0) is 6.61 Å². The fourth-order valence-electron chi connectivity index (χ4n) is 3.06. The van der Waals surface area contributed by atoms with E-state index in [2.05, 4.69) is 0 Å². The zero-order valence-electron chi connectivity index (χ0n) is 14.6. The number of imide groups is 1. The summed E-state index contributed by atoms with van der Waals surface area (Å²) in [7, 11) is 0. The third-order valence-electron chi connectivity index (χ3n) is 4.43. The molecule has 0 bridgehead atoms.